The first-order valence-electron chi connectivity index (χ1n) is 9.29. The summed E-state index contributed by atoms with van der Waals surface area (Å²) in [5, 5.41) is 5.80. The van der Waals surface area contributed by atoms with Gasteiger partial charge in [0.05, 0.1) is 5.69 Å². The van der Waals surface area contributed by atoms with Crippen LogP contribution in [0, 0.1) is 5.41 Å². The Morgan fingerprint density at radius 1 is 1.07 bits per heavy atom. The highest BCUT2D eigenvalue weighted by atomic mass is 32.2. The number of hydrogen-bond donors (Lipinski definition) is 2. The highest BCUT2D eigenvalue weighted by molar-refractivity contribution is 7.89. The van der Waals surface area contributed by atoms with Gasteiger partial charge in [-0.25, -0.2) is 8.42 Å². The summed E-state index contributed by atoms with van der Waals surface area (Å²) in [6.45, 7) is 7.25. The maximum atomic E-state index is 13.3. The van der Waals surface area contributed by atoms with Crippen LogP contribution in [-0.4, -0.2) is 32.2 Å². The molecule has 0 saturated carbocycles. The number of amides is 1. The molecule has 7 heteroatoms. The lowest BCUT2D eigenvalue weighted by atomic mass is 9.97. The van der Waals surface area contributed by atoms with Crippen molar-refractivity contribution in [3.8, 4) is 0 Å². The van der Waals surface area contributed by atoms with Crippen LogP contribution in [0.1, 0.15) is 42.3 Å². The molecule has 6 nitrogen and oxygen atoms in total. The predicted octanol–water partition coefficient (Wildman–Crippen LogP) is 3.21. The Labute approximate surface area is 167 Å². The highest BCUT2D eigenvalue weighted by Gasteiger charge is 2.32. The first-order chi connectivity index (χ1) is 13.1. The molecule has 0 atom stereocenters. The van der Waals surface area contributed by atoms with E-state index in [0.29, 0.717) is 30.9 Å². The maximum absolute atomic E-state index is 13.3. The van der Waals surface area contributed by atoms with E-state index >= 15 is 0 Å². The minimum absolute atomic E-state index is 0.0587. The number of hydrogen-bond acceptors (Lipinski definition) is 4. The largest absolute Gasteiger partial charge is 0.387 e. The van der Waals surface area contributed by atoms with Gasteiger partial charge in [-0.3, -0.25) is 4.79 Å². The topological polar surface area (TPSA) is 78.5 Å². The first-order valence-corrected chi connectivity index (χ1v) is 10.7. The van der Waals surface area contributed by atoms with Gasteiger partial charge < -0.3 is 10.6 Å². The Kier molecular flexibility index (Phi) is 5.50. The van der Waals surface area contributed by atoms with E-state index in [1.165, 1.54) is 10.4 Å². The molecule has 0 fully saturated rings. The van der Waals surface area contributed by atoms with Crippen LogP contribution in [0.2, 0.25) is 0 Å². The number of rotatable bonds is 5. The third-order valence-electron chi connectivity index (χ3n) is 4.72. The average Bonchev–Trinajstić information content (AvgIpc) is 3.10. The molecule has 1 aliphatic heterocycles. The second-order valence-electron chi connectivity index (χ2n) is 8.25. The summed E-state index contributed by atoms with van der Waals surface area (Å²) in [6, 6.07) is 12.5. The Morgan fingerprint density at radius 3 is 2.21 bits per heavy atom. The molecule has 0 bridgehead atoms. The Morgan fingerprint density at radius 2 is 1.68 bits per heavy atom. The van der Waals surface area contributed by atoms with Crippen LogP contribution < -0.4 is 10.6 Å². The maximum Gasteiger partial charge on any atom is 0.251 e. The number of benzene rings is 2. The van der Waals surface area contributed by atoms with Crippen LogP contribution in [0.25, 0.3) is 0 Å². The molecule has 2 aromatic rings. The van der Waals surface area contributed by atoms with Gasteiger partial charge in [-0.05, 0) is 34.7 Å². The van der Waals surface area contributed by atoms with Crippen molar-refractivity contribution in [1.29, 1.82) is 0 Å². The summed E-state index contributed by atoms with van der Waals surface area (Å²) in [5.74, 6) is -0.279. The summed E-state index contributed by atoms with van der Waals surface area (Å²) < 4.78 is 28.1. The quantitative estimate of drug-likeness (QED) is 0.806. The fourth-order valence-corrected chi connectivity index (χ4v) is 4.76. The zero-order valence-electron chi connectivity index (χ0n) is 16.7. The molecule has 1 aliphatic rings. The van der Waals surface area contributed by atoms with Crippen LogP contribution in [-0.2, 0) is 23.1 Å². The molecular weight excluding hydrogens is 374 g/mol. The van der Waals surface area contributed by atoms with Crippen LogP contribution in [0.3, 0.4) is 0 Å². The molecular formula is C21H27N3O3S. The minimum atomic E-state index is -3.76. The molecule has 0 aromatic heterocycles. The average molecular weight is 402 g/mol. The van der Waals surface area contributed by atoms with E-state index in [1.54, 1.807) is 19.2 Å². The van der Waals surface area contributed by atoms with Crippen LogP contribution in [0.4, 0.5) is 5.69 Å². The smallest absolute Gasteiger partial charge is 0.251 e. The summed E-state index contributed by atoms with van der Waals surface area (Å²) in [7, 11) is -2.08. The molecule has 0 spiro atoms. The second kappa shape index (κ2) is 7.56. The lowest BCUT2D eigenvalue weighted by Gasteiger charge is -2.20. The standard InChI is InChI=1S/C21H27N3O3S/c1-21(2,3)14-23-20(25)15-9-10-18(22-4)19(11-15)28(26,27)24-12-16-7-5-6-8-17(16)13-24/h5-11,22H,12-14H2,1-4H3,(H,23,25). The van der Waals surface area contributed by atoms with Crippen molar-refractivity contribution in [2.75, 3.05) is 18.9 Å². The second-order valence-corrected chi connectivity index (χ2v) is 10.2. The Hall–Kier alpha value is -2.38. The summed E-state index contributed by atoms with van der Waals surface area (Å²) in [6.07, 6.45) is 0. The van der Waals surface area contributed by atoms with E-state index < -0.39 is 10.0 Å². The fourth-order valence-electron chi connectivity index (χ4n) is 3.14. The molecule has 0 radical (unpaired) electrons. The number of nitrogens with zero attached hydrogens (tertiary/aromatic N) is 1. The molecule has 150 valence electrons. The number of nitrogens with one attached hydrogen (secondary N) is 2. The number of sulfonamides is 1. The van der Waals surface area contributed by atoms with Gasteiger partial charge in [0, 0.05) is 32.2 Å². The fraction of sp³-hybridized carbons (Fsp3) is 0.381. The number of fused-ring (bicyclic) bond motifs is 1. The summed E-state index contributed by atoms with van der Waals surface area (Å²) in [5.41, 5.74) is 2.77. The van der Waals surface area contributed by atoms with Crippen molar-refractivity contribution in [2.45, 2.75) is 38.8 Å². The van der Waals surface area contributed by atoms with Crippen molar-refractivity contribution in [3.63, 3.8) is 0 Å². The zero-order valence-corrected chi connectivity index (χ0v) is 17.6. The Bertz CT molecular complexity index is 969. The molecule has 2 aromatic carbocycles. The predicted molar refractivity (Wildman–Crippen MR) is 111 cm³/mol. The van der Waals surface area contributed by atoms with Gasteiger partial charge in [0.25, 0.3) is 5.91 Å². The van der Waals surface area contributed by atoms with Crippen molar-refractivity contribution in [1.82, 2.24) is 9.62 Å². The lowest BCUT2D eigenvalue weighted by Crippen LogP contribution is -2.32. The molecule has 1 amide bonds. The molecule has 28 heavy (non-hydrogen) atoms. The van der Waals surface area contributed by atoms with Crippen LogP contribution in [0.5, 0.6) is 0 Å². The van der Waals surface area contributed by atoms with Gasteiger partial charge in [-0.2, -0.15) is 4.31 Å². The third-order valence-corrected chi connectivity index (χ3v) is 6.55. The minimum Gasteiger partial charge on any atom is -0.387 e. The molecule has 2 N–H and O–H groups in total. The monoisotopic (exact) mass is 401 g/mol. The number of anilines is 1. The van der Waals surface area contributed by atoms with Gasteiger partial charge in [0.15, 0.2) is 0 Å². The SMILES string of the molecule is CNc1ccc(C(=O)NCC(C)(C)C)cc1S(=O)(=O)N1Cc2ccccc2C1. The van der Waals surface area contributed by atoms with Crippen molar-refractivity contribution in [2.24, 2.45) is 5.41 Å². The van der Waals surface area contributed by atoms with Gasteiger partial charge in [0.2, 0.25) is 10.0 Å². The summed E-state index contributed by atoms with van der Waals surface area (Å²) >= 11 is 0. The molecule has 0 saturated heterocycles. The third kappa shape index (κ3) is 4.20. The van der Waals surface area contributed by atoms with E-state index in [9.17, 15) is 13.2 Å². The normalized spacial score (nSPS) is 14.6. The van der Waals surface area contributed by atoms with Crippen LogP contribution in [0.15, 0.2) is 47.4 Å². The van der Waals surface area contributed by atoms with Gasteiger partial charge in [-0.15, -0.1) is 0 Å². The van der Waals surface area contributed by atoms with E-state index in [1.807, 2.05) is 45.0 Å². The van der Waals surface area contributed by atoms with Gasteiger partial charge in [0.1, 0.15) is 4.90 Å². The van der Waals surface area contributed by atoms with Gasteiger partial charge >= 0.3 is 0 Å². The van der Waals surface area contributed by atoms with E-state index in [2.05, 4.69) is 10.6 Å². The number of carbonyl (C=O) groups excluding carboxylic acids is 1. The van der Waals surface area contributed by atoms with Crippen LogP contribution >= 0.6 is 0 Å². The lowest BCUT2D eigenvalue weighted by molar-refractivity contribution is 0.0939. The zero-order chi connectivity index (χ0) is 20.5. The summed E-state index contributed by atoms with van der Waals surface area (Å²) in [4.78, 5) is 12.6. The van der Waals surface area contributed by atoms with E-state index in [0.717, 1.165) is 11.1 Å². The van der Waals surface area contributed by atoms with Crippen molar-refractivity contribution >= 4 is 21.6 Å². The van der Waals surface area contributed by atoms with E-state index in [4.69, 9.17) is 0 Å². The van der Waals surface area contributed by atoms with Gasteiger partial charge in [-0.1, -0.05) is 45.0 Å². The van der Waals surface area contributed by atoms with Crippen molar-refractivity contribution in [3.05, 3.63) is 59.2 Å². The molecule has 1 heterocycles. The molecule has 0 unspecified atom stereocenters. The van der Waals surface area contributed by atoms with E-state index in [-0.39, 0.29) is 16.2 Å². The highest BCUT2D eigenvalue weighted by Crippen LogP contribution is 2.32. The Balaban J connectivity index is 1.91. The van der Waals surface area contributed by atoms with Crippen molar-refractivity contribution < 1.29 is 13.2 Å². The molecule has 0 aliphatic carbocycles. The first kappa shape index (κ1) is 20.4. The molecule has 3 rings (SSSR count). The number of carbonyl (C=O) groups is 1.